The van der Waals surface area contributed by atoms with Crippen LogP contribution in [0.1, 0.15) is 36.0 Å². The first-order valence-corrected chi connectivity index (χ1v) is 13.3. The van der Waals surface area contributed by atoms with Crippen LogP contribution in [-0.4, -0.2) is 52.8 Å². The van der Waals surface area contributed by atoms with Crippen molar-refractivity contribution in [1.29, 1.82) is 0 Å². The Balaban J connectivity index is 1.36. The number of rotatable bonds is 7. The molecule has 2 fully saturated rings. The molecule has 0 radical (unpaired) electrons. The van der Waals surface area contributed by atoms with Gasteiger partial charge in [-0.05, 0) is 62.1 Å². The van der Waals surface area contributed by atoms with Crippen molar-refractivity contribution in [2.75, 3.05) is 13.1 Å². The summed E-state index contributed by atoms with van der Waals surface area (Å²) in [6, 6.07) is 10.4. The molecule has 2 aromatic rings. The first kappa shape index (κ1) is 22.8. The van der Waals surface area contributed by atoms with Crippen LogP contribution in [0.25, 0.3) is 0 Å². The average molecular weight is 482 g/mol. The van der Waals surface area contributed by atoms with Gasteiger partial charge in [0.1, 0.15) is 5.82 Å². The lowest BCUT2D eigenvalue weighted by atomic mass is 10.0. The van der Waals surface area contributed by atoms with Gasteiger partial charge in [-0.25, -0.2) is 30.7 Å². The molecule has 8 nitrogen and oxygen atoms in total. The highest BCUT2D eigenvalue weighted by atomic mass is 32.2. The number of piperidine rings is 1. The zero-order chi connectivity index (χ0) is 22.9. The number of carbonyl (C=O) groups excluding carboxylic acids is 1. The Labute approximate surface area is 186 Å². The van der Waals surface area contributed by atoms with Crippen LogP contribution in [0, 0.1) is 5.82 Å². The number of hydrogen-bond acceptors (Lipinski definition) is 5. The third-order valence-electron chi connectivity index (χ3n) is 5.55. The second kappa shape index (κ2) is 8.89. The molecule has 0 spiro atoms. The summed E-state index contributed by atoms with van der Waals surface area (Å²) in [5.74, 6) is -1.00. The fraction of sp³-hybridized carbons (Fsp3) is 0.381. The van der Waals surface area contributed by atoms with Crippen molar-refractivity contribution in [2.24, 2.45) is 0 Å². The summed E-state index contributed by atoms with van der Waals surface area (Å²) in [5.41, 5.74) is -0.00209. The molecule has 172 valence electrons. The van der Waals surface area contributed by atoms with E-state index in [1.165, 1.54) is 47.4 Å². The quantitative estimate of drug-likeness (QED) is 0.627. The van der Waals surface area contributed by atoms with Crippen molar-refractivity contribution in [3.05, 3.63) is 59.9 Å². The van der Waals surface area contributed by atoms with Crippen molar-refractivity contribution >= 4 is 26.0 Å². The Morgan fingerprint density at radius 3 is 1.72 bits per heavy atom. The summed E-state index contributed by atoms with van der Waals surface area (Å²) in [7, 11) is -7.51. The van der Waals surface area contributed by atoms with Crippen molar-refractivity contribution in [1.82, 2.24) is 14.3 Å². The Bertz CT molecular complexity index is 1200. The lowest BCUT2D eigenvalue weighted by Gasteiger charge is -2.32. The Hall–Kier alpha value is -2.34. The van der Waals surface area contributed by atoms with Gasteiger partial charge >= 0.3 is 0 Å². The molecule has 1 heterocycles. The molecule has 2 aliphatic rings. The number of benzene rings is 2. The maximum Gasteiger partial charge on any atom is 0.256 e. The number of halogens is 1. The fourth-order valence-electron chi connectivity index (χ4n) is 3.58. The third-order valence-corrected chi connectivity index (χ3v) is 8.62. The number of likely N-dealkylation sites (tertiary alicyclic amines) is 1. The summed E-state index contributed by atoms with van der Waals surface area (Å²) < 4.78 is 69.0. The summed E-state index contributed by atoms with van der Waals surface area (Å²) in [5, 5.41) is 0. The van der Waals surface area contributed by atoms with Crippen LogP contribution in [0.3, 0.4) is 0 Å². The van der Waals surface area contributed by atoms with Gasteiger partial charge in [0.15, 0.2) is 0 Å². The van der Waals surface area contributed by atoms with Gasteiger partial charge in [0, 0.05) is 25.2 Å². The van der Waals surface area contributed by atoms with Crippen LogP contribution in [0.2, 0.25) is 0 Å². The largest absolute Gasteiger partial charge is 0.338 e. The molecule has 1 saturated carbocycles. The smallest absolute Gasteiger partial charge is 0.256 e. The van der Waals surface area contributed by atoms with Crippen molar-refractivity contribution in [2.45, 2.75) is 47.6 Å². The Kier molecular flexibility index (Phi) is 6.35. The highest BCUT2D eigenvalue weighted by molar-refractivity contribution is 7.90. The molecule has 1 aliphatic carbocycles. The minimum Gasteiger partial charge on any atom is -0.338 e. The molecule has 0 aromatic heterocycles. The van der Waals surface area contributed by atoms with E-state index in [2.05, 4.69) is 9.44 Å². The minimum absolute atomic E-state index is 0.00209. The Morgan fingerprint density at radius 2 is 1.25 bits per heavy atom. The van der Waals surface area contributed by atoms with E-state index in [1.807, 2.05) is 0 Å². The van der Waals surface area contributed by atoms with Crippen LogP contribution in [0.15, 0.2) is 58.3 Å². The van der Waals surface area contributed by atoms with E-state index in [0.29, 0.717) is 25.9 Å². The van der Waals surface area contributed by atoms with Gasteiger partial charge in [0.25, 0.3) is 5.91 Å². The van der Waals surface area contributed by atoms with E-state index in [-0.39, 0.29) is 27.4 Å². The number of amides is 1. The van der Waals surface area contributed by atoms with Gasteiger partial charge in [-0.1, -0.05) is 12.1 Å². The number of nitrogens with one attached hydrogen (secondary N) is 2. The summed E-state index contributed by atoms with van der Waals surface area (Å²) in [4.78, 5) is 14.0. The van der Waals surface area contributed by atoms with Gasteiger partial charge in [-0.3, -0.25) is 4.79 Å². The Morgan fingerprint density at radius 1 is 0.781 bits per heavy atom. The van der Waals surface area contributed by atoms with Crippen LogP contribution < -0.4 is 9.44 Å². The average Bonchev–Trinajstić information content (AvgIpc) is 3.57. The minimum atomic E-state index is -3.86. The summed E-state index contributed by atoms with van der Waals surface area (Å²) >= 11 is 0. The van der Waals surface area contributed by atoms with Crippen LogP contribution in [0.4, 0.5) is 4.39 Å². The molecule has 11 heteroatoms. The molecular weight excluding hydrogens is 457 g/mol. The standard InChI is InChI=1S/C21H24FN3O5S2/c22-20-4-2-1-3-19(20)21(26)25-13-11-16(12-14-25)24-32(29,30)18-9-7-17(8-10-18)31(27,28)23-15-5-6-15/h1-4,7-10,15-16,23-24H,5-6,11-14H2. The number of nitrogens with zero attached hydrogens (tertiary/aromatic N) is 1. The molecule has 0 bridgehead atoms. The van der Waals surface area contributed by atoms with Gasteiger partial charge < -0.3 is 4.90 Å². The molecule has 0 atom stereocenters. The molecule has 32 heavy (non-hydrogen) atoms. The molecule has 4 rings (SSSR count). The molecule has 2 aromatic carbocycles. The maximum absolute atomic E-state index is 13.9. The van der Waals surface area contributed by atoms with Crippen LogP contribution in [-0.2, 0) is 20.0 Å². The second-order valence-corrected chi connectivity index (χ2v) is 11.5. The zero-order valence-corrected chi connectivity index (χ0v) is 18.8. The van der Waals surface area contributed by atoms with E-state index in [0.717, 1.165) is 12.8 Å². The fourth-order valence-corrected chi connectivity index (χ4v) is 6.19. The first-order chi connectivity index (χ1) is 15.2. The summed E-state index contributed by atoms with van der Waals surface area (Å²) in [6.07, 6.45) is 2.38. The third kappa shape index (κ3) is 5.17. The highest BCUT2D eigenvalue weighted by Gasteiger charge is 2.30. The predicted octanol–water partition coefficient (Wildman–Crippen LogP) is 1.85. The first-order valence-electron chi connectivity index (χ1n) is 10.3. The van der Waals surface area contributed by atoms with Gasteiger partial charge in [-0.15, -0.1) is 0 Å². The highest BCUT2D eigenvalue weighted by Crippen LogP contribution is 2.23. The zero-order valence-electron chi connectivity index (χ0n) is 17.2. The predicted molar refractivity (Wildman–Crippen MR) is 115 cm³/mol. The molecule has 2 N–H and O–H groups in total. The number of sulfonamides is 2. The number of carbonyl (C=O) groups is 1. The van der Waals surface area contributed by atoms with Crippen molar-refractivity contribution < 1.29 is 26.0 Å². The topological polar surface area (TPSA) is 113 Å². The molecule has 0 unspecified atom stereocenters. The molecule has 1 amide bonds. The SMILES string of the molecule is O=C(c1ccccc1F)N1CCC(NS(=O)(=O)c2ccc(S(=O)(=O)NC3CC3)cc2)CC1. The van der Waals surface area contributed by atoms with Gasteiger partial charge in [-0.2, -0.15) is 0 Å². The molecule has 1 aliphatic heterocycles. The van der Waals surface area contributed by atoms with Crippen molar-refractivity contribution in [3.63, 3.8) is 0 Å². The van der Waals surface area contributed by atoms with Crippen LogP contribution >= 0.6 is 0 Å². The maximum atomic E-state index is 13.9. The second-order valence-electron chi connectivity index (χ2n) is 8.03. The van der Waals surface area contributed by atoms with Crippen molar-refractivity contribution in [3.8, 4) is 0 Å². The van der Waals surface area contributed by atoms with E-state index in [4.69, 9.17) is 0 Å². The molecule has 1 saturated heterocycles. The van der Waals surface area contributed by atoms with Gasteiger partial charge in [0.2, 0.25) is 20.0 Å². The monoisotopic (exact) mass is 481 g/mol. The van der Waals surface area contributed by atoms with Gasteiger partial charge in [0.05, 0.1) is 15.4 Å². The molecular formula is C21H24FN3O5S2. The van der Waals surface area contributed by atoms with E-state index < -0.39 is 31.8 Å². The van der Waals surface area contributed by atoms with E-state index in [9.17, 15) is 26.0 Å². The lowest BCUT2D eigenvalue weighted by Crippen LogP contribution is -2.46. The van der Waals surface area contributed by atoms with E-state index >= 15 is 0 Å². The lowest BCUT2D eigenvalue weighted by molar-refractivity contribution is 0.0706. The summed E-state index contributed by atoms with van der Waals surface area (Å²) in [6.45, 7) is 0.592. The normalized spacial score (nSPS) is 18.0. The van der Waals surface area contributed by atoms with Crippen LogP contribution in [0.5, 0.6) is 0 Å². The number of hydrogen-bond donors (Lipinski definition) is 2. The van der Waals surface area contributed by atoms with E-state index in [1.54, 1.807) is 6.07 Å².